The summed E-state index contributed by atoms with van der Waals surface area (Å²) in [5.74, 6) is 0.610. The first kappa shape index (κ1) is 23.5. The number of halogens is 1. The van der Waals surface area contributed by atoms with E-state index in [1.165, 1.54) is 30.3 Å². The van der Waals surface area contributed by atoms with Gasteiger partial charge in [0.15, 0.2) is 17.2 Å². The molecule has 0 aromatic heterocycles. The van der Waals surface area contributed by atoms with Crippen molar-refractivity contribution < 1.29 is 31.8 Å². The molecule has 0 saturated heterocycles. The minimum Gasteiger partial charge on any atom is -0.490 e. The molecule has 8 nitrogen and oxygen atoms in total. The molecule has 10 heteroatoms. The third kappa shape index (κ3) is 6.03. The summed E-state index contributed by atoms with van der Waals surface area (Å²) in [4.78, 5) is 12.4. The number of nitrogens with one attached hydrogen (secondary N) is 2. The second-order valence-electron chi connectivity index (χ2n) is 7.41. The van der Waals surface area contributed by atoms with Gasteiger partial charge in [0.2, 0.25) is 15.9 Å². The van der Waals surface area contributed by atoms with Crippen LogP contribution in [0.5, 0.6) is 23.0 Å². The van der Waals surface area contributed by atoms with E-state index in [-0.39, 0.29) is 23.6 Å². The van der Waals surface area contributed by atoms with E-state index in [2.05, 4.69) is 10.0 Å². The van der Waals surface area contributed by atoms with Crippen molar-refractivity contribution in [3.05, 3.63) is 72.5 Å². The van der Waals surface area contributed by atoms with Gasteiger partial charge in [-0.25, -0.2) is 17.5 Å². The smallest absolute Gasteiger partial charge is 0.240 e. The summed E-state index contributed by atoms with van der Waals surface area (Å²) in [6, 6.07) is 16.7. The van der Waals surface area contributed by atoms with Crippen LogP contribution >= 0.6 is 0 Å². The predicted octanol–water partition coefficient (Wildman–Crippen LogP) is 4.09. The predicted molar refractivity (Wildman–Crippen MR) is 123 cm³/mol. The summed E-state index contributed by atoms with van der Waals surface area (Å²) in [6.45, 7) is 0.826. The van der Waals surface area contributed by atoms with Crippen molar-refractivity contribution in [1.29, 1.82) is 0 Å². The molecule has 0 spiro atoms. The van der Waals surface area contributed by atoms with Crippen LogP contribution in [0.4, 0.5) is 10.1 Å². The zero-order chi connectivity index (χ0) is 24.0. The van der Waals surface area contributed by atoms with Crippen LogP contribution in [-0.2, 0) is 14.8 Å². The minimum absolute atomic E-state index is 0.0194. The van der Waals surface area contributed by atoms with Gasteiger partial charge in [0.05, 0.1) is 23.8 Å². The molecule has 0 fully saturated rings. The number of carbonyl (C=O) groups excluding carboxylic acids is 1. The number of hydrogen-bond donors (Lipinski definition) is 2. The van der Waals surface area contributed by atoms with Gasteiger partial charge < -0.3 is 19.5 Å². The molecular formula is C24H23FN2O6S. The summed E-state index contributed by atoms with van der Waals surface area (Å²) in [5.41, 5.74) is 0.377. The summed E-state index contributed by atoms with van der Waals surface area (Å²) in [7, 11) is -3.85. The number of amides is 1. The van der Waals surface area contributed by atoms with E-state index < -0.39 is 21.7 Å². The van der Waals surface area contributed by atoms with E-state index in [9.17, 15) is 17.6 Å². The van der Waals surface area contributed by atoms with Crippen molar-refractivity contribution in [3.8, 4) is 23.0 Å². The Labute approximate surface area is 196 Å². The summed E-state index contributed by atoms with van der Waals surface area (Å²) in [6.07, 6.45) is 0.596. The fourth-order valence-electron chi connectivity index (χ4n) is 3.22. The van der Waals surface area contributed by atoms with E-state index in [1.54, 1.807) is 36.4 Å². The highest BCUT2D eigenvalue weighted by molar-refractivity contribution is 7.89. The topological polar surface area (TPSA) is 103 Å². The Bertz CT molecular complexity index is 1280. The zero-order valence-corrected chi connectivity index (χ0v) is 18.9. The molecule has 3 aromatic carbocycles. The number of para-hydroxylation sites is 2. The van der Waals surface area contributed by atoms with Crippen molar-refractivity contribution >= 4 is 21.6 Å². The Morgan fingerprint density at radius 3 is 2.59 bits per heavy atom. The van der Waals surface area contributed by atoms with Crippen molar-refractivity contribution in [1.82, 2.24) is 4.72 Å². The van der Waals surface area contributed by atoms with E-state index in [4.69, 9.17) is 14.2 Å². The van der Waals surface area contributed by atoms with Gasteiger partial charge in [-0.3, -0.25) is 4.79 Å². The standard InChI is InChI=1S/C24H23FN2O6S/c25-17-5-3-6-18(15-17)33-21-8-2-1-7-20(21)27-24(28)11-12-26-34(29,30)19-9-10-22-23(16-19)32-14-4-13-31-22/h1-3,5-10,15-16,26H,4,11-14H2,(H,27,28). The first-order valence-corrected chi connectivity index (χ1v) is 12.1. The Hall–Kier alpha value is -3.63. The molecule has 1 heterocycles. The minimum atomic E-state index is -3.85. The molecule has 3 aromatic rings. The number of sulfonamides is 1. The molecule has 0 bridgehead atoms. The lowest BCUT2D eigenvalue weighted by Gasteiger charge is -2.13. The number of fused-ring (bicyclic) bond motifs is 1. The third-order valence-electron chi connectivity index (χ3n) is 4.86. The Morgan fingerprint density at radius 2 is 1.76 bits per heavy atom. The maximum Gasteiger partial charge on any atom is 0.240 e. The van der Waals surface area contributed by atoms with Crippen LogP contribution in [0.2, 0.25) is 0 Å². The second-order valence-corrected chi connectivity index (χ2v) is 9.18. The van der Waals surface area contributed by atoms with Gasteiger partial charge in [0.1, 0.15) is 11.6 Å². The second kappa shape index (κ2) is 10.5. The molecule has 1 aliphatic heterocycles. The van der Waals surface area contributed by atoms with E-state index in [0.29, 0.717) is 42.6 Å². The average Bonchev–Trinajstić information content (AvgIpc) is 3.05. The van der Waals surface area contributed by atoms with Crippen LogP contribution in [0.1, 0.15) is 12.8 Å². The van der Waals surface area contributed by atoms with Crippen LogP contribution in [-0.4, -0.2) is 34.1 Å². The molecule has 0 radical (unpaired) electrons. The van der Waals surface area contributed by atoms with Gasteiger partial charge in [-0.2, -0.15) is 0 Å². The molecule has 1 aliphatic rings. The number of hydrogen-bond acceptors (Lipinski definition) is 6. The number of anilines is 1. The van der Waals surface area contributed by atoms with Gasteiger partial charge in [-0.05, 0) is 36.4 Å². The first-order valence-electron chi connectivity index (χ1n) is 10.6. The number of ether oxygens (including phenoxy) is 3. The fraction of sp³-hybridized carbons (Fsp3) is 0.208. The lowest BCUT2D eigenvalue weighted by molar-refractivity contribution is -0.116. The van der Waals surface area contributed by atoms with Gasteiger partial charge in [-0.15, -0.1) is 0 Å². The zero-order valence-electron chi connectivity index (χ0n) is 18.1. The molecule has 0 atom stereocenters. The largest absolute Gasteiger partial charge is 0.490 e. The molecule has 178 valence electrons. The fourth-order valence-corrected chi connectivity index (χ4v) is 4.27. The van der Waals surface area contributed by atoms with Crippen LogP contribution in [0, 0.1) is 5.82 Å². The third-order valence-corrected chi connectivity index (χ3v) is 6.32. The maximum atomic E-state index is 13.4. The van der Waals surface area contributed by atoms with E-state index in [1.807, 2.05) is 0 Å². The molecular weight excluding hydrogens is 463 g/mol. The van der Waals surface area contributed by atoms with E-state index >= 15 is 0 Å². The van der Waals surface area contributed by atoms with Gasteiger partial charge in [-0.1, -0.05) is 18.2 Å². The van der Waals surface area contributed by atoms with Gasteiger partial charge in [0.25, 0.3) is 0 Å². The molecule has 34 heavy (non-hydrogen) atoms. The number of benzene rings is 3. The number of carbonyl (C=O) groups is 1. The summed E-state index contributed by atoms with van der Waals surface area (Å²) in [5, 5.41) is 2.69. The molecule has 1 amide bonds. The SMILES string of the molecule is O=C(CCNS(=O)(=O)c1ccc2c(c1)OCCCO2)Nc1ccccc1Oc1cccc(F)c1. The van der Waals surface area contributed by atoms with Crippen LogP contribution in [0.3, 0.4) is 0 Å². The molecule has 4 rings (SSSR count). The lowest BCUT2D eigenvalue weighted by Crippen LogP contribution is -2.28. The molecule has 0 unspecified atom stereocenters. The van der Waals surface area contributed by atoms with Crippen molar-refractivity contribution in [2.75, 3.05) is 25.1 Å². The summed E-state index contributed by atoms with van der Waals surface area (Å²) >= 11 is 0. The average molecular weight is 487 g/mol. The lowest BCUT2D eigenvalue weighted by atomic mass is 10.2. The van der Waals surface area contributed by atoms with Gasteiger partial charge in [0, 0.05) is 31.5 Å². The Kier molecular flexibility index (Phi) is 7.29. The maximum absolute atomic E-state index is 13.4. The van der Waals surface area contributed by atoms with E-state index in [0.717, 1.165) is 0 Å². The first-order chi connectivity index (χ1) is 16.4. The van der Waals surface area contributed by atoms with Crippen molar-refractivity contribution in [3.63, 3.8) is 0 Å². The van der Waals surface area contributed by atoms with Crippen molar-refractivity contribution in [2.45, 2.75) is 17.7 Å². The highest BCUT2D eigenvalue weighted by Crippen LogP contribution is 2.32. The normalized spacial score (nSPS) is 13.1. The van der Waals surface area contributed by atoms with Crippen LogP contribution < -0.4 is 24.2 Å². The highest BCUT2D eigenvalue weighted by atomic mass is 32.2. The van der Waals surface area contributed by atoms with Crippen LogP contribution in [0.15, 0.2) is 71.6 Å². The molecule has 2 N–H and O–H groups in total. The Morgan fingerprint density at radius 1 is 0.971 bits per heavy atom. The molecule has 0 saturated carbocycles. The summed E-state index contributed by atoms with van der Waals surface area (Å²) < 4.78 is 57.8. The highest BCUT2D eigenvalue weighted by Gasteiger charge is 2.19. The quantitative estimate of drug-likeness (QED) is 0.497. The van der Waals surface area contributed by atoms with Gasteiger partial charge >= 0.3 is 0 Å². The Balaban J connectivity index is 1.34. The van der Waals surface area contributed by atoms with Crippen molar-refractivity contribution in [2.24, 2.45) is 0 Å². The monoisotopic (exact) mass is 486 g/mol. The van der Waals surface area contributed by atoms with Crippen LogP contribution in [0.25, 0.3) is 0 Å². The number of rotatable bonds is 8. The molecule has 0 aliphatic carbocycles.